The molecular formula is C19H31NO. The van der Waals surface area contributed by atoms with Gasteiger partial charge in [0.25, 0.3) is 0 Å². The monoisotopic (exact) mass is 289 g/mol. The molecule has 2 heteroatoms. The van der Waals surface area contributed by atoms with Crippen LogP contribution >= 0.6 is 0 Å². The van der Waals surface area contributed by atoms with Gasteiger partial charge in [0.2, 0.25) is 0 Å². The molecule has 1 aromatic carbocycles. The van der Waals surface area contributed by atoms with Crippen molar-refractivity contribution in [1.82, 2.24) is 4.90 Å². The molecule has 0 amide bonds. The molecule has 0 spiro atoms. The molecule has 2 rings (SSSR count). The highest BCUT2D eigenvalue weighted by molar-refractivity contribution is 5.17. The third-order valence-electron chi connectivity index (χ3n) is 5.19. The highest BCUT2D eigenvalue weighted by Crippen LogP contribution is 2.37. The van der Waals surface area contributed by atoms with Crippen LogP contribution in [0, 0.1) is 11.3 Å². The van der Waals surface area contributed by atoms with E-state index in [-0.39, 0.29) is 12.0 Å². The molecule has 2 unspecified atom stereocenters. The number of benzene rings is 1. The summed E-state index contributed by atoms with van der Waals surface area (Å²) in [6, 6.07) is 10.7. The van der Waals surface area contributed by atoms with Crippen molar-refractivity contribution in [2.45, 2.75) is 58.6 Å². The molecule has 0 heterocycles. The van der Waals surface area contributed by atoms with Crippen LogP contribution in [0.4, 0.5) is 0 Å². The van der Waals surface area contributed by atoms with Gasteiger partial charge in [0.15, 0.2) is 0 Å². The normalized spacial score (nSPS) is 22.2. The number of hydrogen-bond donors (Lipinski definition) is 1. The molecule has 0 radical (unpaired) electrons. The van der Waals surface area contributed by atoms with Crippen molar-refractivity contribution in [3.63, 3.8) is 0 Å². The predicted molar refractivity (Wildman–Crippen MR) is 89.2 cm³/mol. The van der Waals surface area contributed by atoms with Gasteiger partial charge in [-0.3, -0.25) is 0 Å². The first-order valence-corrected chi connectivity index (χ1v) is 8.32. The molecule has 0 aromatic heterocycles. The minimum absolute atomic E-state index is 0.257. The van der Waals surface area contributed by atoms with Gasteiger partial charge in [-0.25, -0.2) is 0 Å². The minimum atomic E-state index is -0.367. The Labute approximate surface area is 130 Å². The van der Waals surface area contributed by atoms with Gasteiger partial charge in [0, 0.05) is 12.6 Å². The van der Waals surface area contributed by atoms with Gasteiger partial charge in [-0.05, 0) is 49.6 Å². The summed E-state index contributed by atoms with van der Waals surface area (Å²) in [4.78, 5) is 2.46. The highest BCUT2D eigenvalue weighted by Gasteiger charge is 2.30. The van der Waals surface area contributed by atoms with E-state index in [9.17, 15) is 5.11 Å². The number of aliphatic hydroxyl groups is 1. The van der Waals surface area contributed by atoms with Gasteiger partial charge in [-0.1, -0.05) is 51.1 Å². The molecule has 118 valence electrons. The summed E-state index contributed by atoms with van der Waals surface area (Å²) >= 11 is 0. The Morgan fingerprint density at radius 3 is 2.33 bits per heavy atom. The second-order valence-corrected chi connectivity index (χ2v) is 7.67. The zero-order chi connectivity index (χ0) is 15.5. The third-order valence-corrected chi connectivity index (χ3v) is 5.19. The van der Waals surface area contributed by atoms with E-state index in [4.69, 9.17) is 0 Å². The fourth-order valence-electron chi connectivity index (χ4n) is 3.51. The van der Waals surface area contributed by atoms with Crippen molar-refractivity contribution in [2.24, 2.45) is 11.3 Å². The van der Waals surface area contributed by atoms with Gasteiger partial charge in [0.1, 0.15) is 0 Å². The third kappa shape index (κ3) is 4.55. The second-order valence-electron chi connectivity index (χ2n) is 7.67. The smallest absolute Gasteiger partial charge is 0.0827 e. The molecule has 1 aliphatic rings. The summed E-state index contributed by atoms with van der Waals surface area (Å²) in [6.45, 7) is 7.87. The lowest BCUT2D eigenvalue weighted by Crippen LogP contribution is -2.40. The van der Waals surface area contributed by atoms with E-state index in [1.165, 1.54) is 25.7 Å². The topological polar surface area (TPSA) is 23.5 Å². The van der Waals surface area contributed by atoms with Gasteiger partial charge >= 0.3 is 0 Å². The van der Waals surface area contributed by atoms with Crippen molar-refractivity contribution in [3.8, 4) is 0 Å². The zero-order valence-corrected chi connectivity index (χ0v) is 14.0. The van der Waals surface area contributed by atoms with Gasteiger partial charge in [0.05, 0.1) is 6.10 Å². The standard InChI is InChI=1S/C19H31NO/c1-15(18(21)16-8-6-5-7-9-16)14-20(4)17-10-12-19(2,3)13-11-17/h5-9,15,17-18,21H,10-14H2,1-4H3. The van der Waals surface area contributed by atoms with Crippen LogP contribution in [0.2, 0.25) is 0 Å². The van der Waals surface area contributed by atoms with Crippen molar-refractivity contribution in [2.75, 3.05) is 13.6 Å². The first-order chi connectivity index (χ1) is 9.89. The van der Waals surface area contributed by atoms with Gasteiger partial charge in [-0.15, -0.1) is 0 Å². The highest BCUT2D eigenvalue weighted by atomic mass is 16.3. The molecule has 2 nitrogen and oxygen atoms in total. The molecule has 0 saturated heterocycles. The first kappa shape index (κ1) is 16.5. The molecule has 0 aliphatic heterocycles. The van der Waals surface area contributed by atoms with Crippen molar-refractivity contribution in [3.05, 3.63) is 35.9 Å². The maximum atomic E-state index is 10.5. The number of hydrogen-bond acceptors (Lipinski definition) is 2. The van der Waals surface area contributed by atoms with Crippen LogP contribution in [-0.2, 0) is 0 Å². The molecule has 1 saturated carbocycles. The summed E-state index contributed by atoms with van der Waals surface area (Å²) in [5.74, 6) is 0.257. The van der Waals surface area contributed by atoms with E-state index in [0.717, 1.165) is 12.1 Å². The Bertz CT molecular complexity index is 418. The van der Waals surface area contributed by atoms with Crippen LogP contribution < -0.4 is 0 Å². The zero-order valence-electron chi connectivity index (χ0n) is 14.0. The molecule has 0 bridgehead atoms. The molecule has 1 N–H and O–H groups in total. The summed E-state index contributed by atoms with van der Waals surface area (Å²) in [7, 11) is 2.22. The molecule has 1 aliphatic carbocycles. The Balaban J connectivity index is 1.86. The maximum absolute atomic E-state index is 10.5. The largest absolute Gasteiger partial charge is 0.388 e. The maximum Gasteiger partial charge on any atom is 0.0827 e. The second kappa shape index (κ2) is 6.93. The van der Waals surface area contributed by atoms with Crippen LogP contribution in [0.1, 0.15) is 58.1 Å². The van der Waals surface area contributed by atoms with Crippen LogP contribution in [-0.4, -0.2) is 29.6 Å². The first-order valence-electron chi connectivity index (χ1n) is 8.32. The molecule has 1 aromatic rings. The lowest BCUT2D eigenvalue weighted by Gasteiger charge is -2.39. The summed E-state index contributed by atoms with van der Waals surface area (Å²) in [6.07, 6.45) is 4.85. The Kier molecular flexibility index (Phi) is 5.45. The van der Waals surface area contributed by atoms with Crippen LogP contribution in [0.15, 0.2) is 30.3 Å². The fraction of sp³-hybridized carbons (Fsp3) is 0.684. The van der Waals surface area contributed by atoms with Crippen molar-refractivity contribution in [1.29, 1.82) is 0 Å². The lowest BCUT2D eigenvalue weighted by atomic mass is 9.75. The number of aliphatic hydroxyl groups excluding tert-OH is 1. The molecule has 21 heavy (non-hydrogen) atoms. The average molecular weight is 289 g/mol. The number of rotatable bonds is 5. The van der Waals surface area contributed by atoms with E-state index in [1.54, 1.807) is 0 Å². The van der Waals surface area contributed by atoms with E-state index in [2.05, 4.69) is 32.7 Å². The van der Waals surface area contributed by atoms with E-state index >= 15 is 0 Å². The average Bonchev–Trinajstić information content (AvgIpc) is 2.47. The summed E-state index contributed by atoms with van der Waals surface area (Å²) in [5.41, 5.74) is 1.55. The summed E-state index contributed by atoms with van der Waals surface area (Å²) < 4.78 is 0. The van der Waals surface area contributed by atoms with E-state index in [1.807, 2.05) is 30.3 Å². The number of nitrogens with zero attached hydrogens (tertiary/aromatic N) is 1. The fourth-order valence-corrected chi connectivity index (χ4v) is 3.51. The van der Waals surface area contributed by atoms with E-state index in [0.29, 0.717) is 11.5 Å². The van der Waals surface area contributed by atoms with Crippen LogP contribution in [0.25, 0.3) is 0 Å². The Hall–Kier alpha value is -0.860. The Morgan fingerprint density at radius 2 is 1.76 bits per heavy atom. The minimum Gasteiger partial charge on any atom is -0.388 e. The Morgan fingerprint density at radius 1 is 1.19 bits per heavy atom. The van der Waals surface area contributed by atoms with Crippen molar-refractivity contribution >= 4 is 0 Å². The van der Waals surface area contributed by atoms with Crippen LogP contribution in [0.3, 0.4) is 0 Å². The molecule has 2 atom stereocenters. The van der Waals surface area contributed by atoms with Crippen molar-refractivity contribution < 1.29 is 5.11 Å². The lowest BCUT2D eigenvalue weighted by molar-refractivity contribution is 0.0644. The summed E-state index contributed by atoms with van der Waals surface area (Å²) in [5, 5.41) is 10.5. The SMILES string of the molecule is CC(CN(C)C1CCC(C)(C)CC1)C(O)c1ccccc1. The van der Waals surface area contributed by atoms with E-state index < -0.39 is 0 Å². The quantitative estimate of drug-likeness (QED) is 0.875. The molecular weight excluding hydrogens is 258 g/mol. The van der Waals surface area contributed by atoms with Gasteiger partial charge < -0.3 is 10.0 Å². The molecule has 1 fully saturated rings. The van der Waals surface area contributed by atoms with Crippen LogP contribution in [0.5, 0.6) is 0 Å². The predicted octanol–water partition coefficient (Wildman–Crippen LogP) is 4.26. The van der Waals surface area contributed by atoms with Gasteiger partial charge in [-0.2, -0.15) is 0 Å².